The number of cyclic esters (lactones) is 1. The fourth-order valence-electron chi connectivity index (χ4n) is 3.44. The van der Waals surface area contributed by atoms with Crippen molar-refractivity contribution in [1.82, 2.24) is 14.5 Å². The molecular weight excluding hydrogens is 365 g/mol. The van der Waals surface area contributed by atoms with Gasteiger partial charge in [0.15, 0.2) is 0 Å². The van der Waals surface area contributed by atoms with E-state index in [0.717, 1.165) is 33.3 Å². The number of carbonyl (C=O) groups excluding carboxylic acids is 1. The number of thiazole rings is 1. The standard InChI is InChI=1S/C20H20FN3O2S/c1-13-10-17(14(2)24(13)16-5-3-4-15(21)11-16)18-12-27-19(22-18)6-7-23-8-9-26-20(23)25/h3-5,10-12H,6-9H2,1-2H3. The molecule has 0 unspecified atom stereocenters. The Hall–Kier alpha value is -2.67. The van der Waals surface area contributed by atoms with Crippen molar-refractivity contribution >= 4 is 17.4 Å². The number of amides is 1. The van der Waals surface area contributed by atoms with Crippen molar-refractivity contribution < 1.29 is 13.9 Å². The molecule has 5 nitrogen and oxygen atoms in total. The van der Waals surface area contributed by atoms with Crippen LogP contribution < -0.4 is 0 Å². The van der Waals surface area contributed by atoms with Crippen LogP contribution in [0.15, 0.2) is 35.7 Å². The van der Waals surface area contributed by atoms with Gasteiger partial charge in [-0.25, -0.2) is 14.2 Å². The summed E-state index contributed by atoms with van der Waals surface area (Å²) in [6, 6.07) is 8.67. The third-order valence-corrected chi connectivity index (χ3v) is 5.67. The molecule has 0 atom stereocenters. The maximum absolute atomic E-state index is 13.6. The lowest BCUT2D eigenvalue weighted by molar-refractivity contribution is 0.159. The van der Waals surface area contributed by atoms with Gasteiger partial charge in [-0.3, -0.25) is 0 Å². The monoisotopic (exact) mass is 385 g/mol. The molecule has 7 heteroatoms. The second-order valence-electron chi connectivity index (χ2n) is 6.58. The second-order valence-corrected chi connectivity index (χ2v) is 7.52. The molecule has 1 aliphatic heterocycles. The van der Waals surface area contributed by atoms with E-state index in [1.807, 2.05) is 29.9 Å². The topological polar surface area (TPSA) is 47.4 Å². The van der Waals surface area contributed by atoms with E-state index in [1.165, 1.54) is 12.1 Å². The van der Waals surface area contributed by atoms with Gasteiger partial charge in [0, 0.05) is 41.0 Å². The summed E-state index contributed by atoms with van der Waals surface area (Å²) >= 11 is 1.59. The maximum Gasteiger partial charge on any atom is 0.409 e. The van der Waals surface area contributed by atoms with E-state index < -0.39 is 0 Å². The van der Waals surface area contributed by atoms with Crippen LogP contribution in [0, 0.1) is 19.7 Å². The minimum absolute atomic E-state index is 0.245. The zero-order chi connectivity index (χ0) is 19.0. The van der Waals surface area contributed by atoms with Gasteiger partial charge < -0.3 is 14.2 Å². The number of benzene rings is 1. The molecule has 4 rings (SSSR count). The van der Waals surface area contributed by atoms with Crippen molar-refractivity contribution in [3.8, 4) is 16.9 Å². The zero-order valence-electron chi connectivity index (χ0n) is 15.2. The van der Waals surface area contributed by atoms with Gasteiger partial charge in [-0.1, -0.05) is 6.07 Å². The first-order valence-corrected chi connectivity index (χ1v) is 9.72. The molecule has 3 aromatic rings. The largest absolute Gasteiger partial charge is 0.448 e. The van der Waals surface area contributed by atoms with Gasteiger partial charge in [0.25, 0.3) is 0 Å². The van der Waals surface area contributed by atoms with Gasteiger partial charge in [0.05, 0.1) is 17.2 Å². The average Bonchev–Trinajstić information content (AvgIpc) is 3.33. The van der Waals surface area contributed by atoms with E-state index in [4.69, 9.17) is 9.72 Å². The molecule has 0 N–H and O–H groups in total. The molecule has 1 amide bonds. The number of aromatic nitrogens is 2. The highest BCUT2D eigenvalue weighted by molar-refractivity contribution is 7.09. The van der Waals surface area contributed by atoms with Crippen LogP contribution in [-0.4, -0.2) is 40.2 Å². The third kappa shape index (κ3) is 3.47. The Labute approximate surface area is 161 Å². The second kappa shape index (κ2) is 7.15. The summed E-state index contributed by atoms with van der Waals surface area (Å²) in [7, 11) is 0. The highest BCUT2D eigenvalue weighted by Crippen LogP contribution is 2.30. The fraction of sp³-hybridized carbons (Fsp3) is 0.300. The van der Waals surface area contributed by atoms with Crippen molar-refractivity contribution in [1.29, 1.82) is 0 Å². The van der Waals surface area contributed by atoms with E-state index in [2.05, 4.69) is 6.07 Å². The van der Waals surface area contributed by atoms with Gasteiger partial charge in [-0.2, -0.15) is 0 Å². The lowest BCUT2D eigenvalue weighted by atomic mass is 10.2. The molecule has 1 aromatic carbocycles. The zero-order valence-corrected chi connectivity index (χ0v) is 16.1. The summed E-state index contributed by atoms with van der Waals surface area (Å²) in [6.07, 6.45) is 0.466. The van der Waals surface area contributed by atoms with Gasteiger partial charge in [0.2, 0.25) is 0 Å². The Morgan fingerprint density at radius 3 is 2.89 bits per heavy atom. The number of carbonyl (C=O) groups is 1. The molecule has 0 spiro atoms. The average molecular weight is 385 g/mol. The van der Waals surface area contributed by atoms with Crippen LogP contribution in [0.2, 0.25) is 0 Å². The van der Waals surface area contributed by atoms with Crippen molar-refractivity contribution in [3.63, 3.8) is 0 Å². The first-order chi connectivity index (χ1) is 13.0. The Kier molecular flexibility index (Phi) is 4.70. The summed E-state index contributed by atoms with van der Waals surface area (Å²) in [5, 5.41) is 3.02. The van der Waals surface area contributed by atoms with Crippen LogP contribution >= 0.6 is 11.3 Å². The predicted octanol–water partition coefficient (Wildman–Crippen LogP) is 4.35. The molecule has 0 radical (unpaired) electrons. The van der Waals surface area contributed by atoms with E-state index in [1.54, 1.807) is 22.3 Å². The molecule has 1 fully saturated rings. The number of hydrogen-bond donors (Lipinski definition) is 0. The van der Waals surface area contributed by atoms with Crippen LogP contribution in [0.25, 0.3) is 16.9 Å². The van der Waals surface area contributed by atoms with E-state index >= 15 is 0 Å². The molecular formula is C20H20FN3O2S. The number of halogens is 1. The van der Waals surface area contributed by atoms with Crippen LogP contribution in [0.4, 0.5) is 9.18 Å². The minimum atomic E-state index is -0.252. The summed E-state index contributed by atoms with van der Waals surface area (Å²) in [6.45, 7) is 5.76. The highest BCUT2D eigenvalue weighted by atomic mass is 32.1. The smallest absolute Gasteiger partial charge is 0.409 e. The molecule has 2 aromatic heterocycles. The Balaban J connectivity index is 1.57. The minimum Gasteiger partial charge on any atom is -0.448 e. The Morgan fingerprint density at radius 2 is 2.15 bits per heavy atom. The van der Waals surface area contributed by atoms with Crippen LogP contribution in [0.1, 0.15) is 16.4 Å². The van der Waals surface area contributed by atoms with Gasteiger partial charge >= 0.3 is 6.09 Å². The normalized spacial score (nSPS) is 14.0. The summed E-state index contributed by atoms with van der Waals surface area (Å²) in [5.41, 5.74) is 4.81. The van der Waals surface area contributed by atoms with E-state index in [9.17, 15) is 9.18 Å². The van der Waals surface area contributed by atoms with Crippen molar-refractivity contribution in [2.45, 2.75) is 20.3 Å². The molecule has 1 saturated heterocycles. The molecule has 140 valence electrons. The van der Waals surface area contributed by atoms with E-state index in [-0.39, 0.29) is 11.9 Å². The lowest BCUT2D eigenvalue weighted by Crippen LogP contribution is -2.26. The molecule has 3 heterocycles. The third-order valence-electron chi connectivity index (χ3n) is 4.77. The number of rotatable bonds is 5. The molecule has 27 heavy (non-hydrogen) atoms. The molecule has 1 aliphatic rings. The van der Waals surface area contributed by atoms with Crippen LogP contribution in [0.3, 0.4) is 0 Å². The van der Waals surface area contributed by atoms with Crippen molar-refractivity contribution in [2.75, 3.05) is 19.7 Å². The Morgan fingerprint density at radius 1 is 1.30 bits per heavy atom. The first-order valence-electron chi connectivity index (χ1n) is 8.84. The van der Waals surface area contributed by atoms with Crippen LogP contribution in [-0.2, 0) is 11.2 Å². The fourth-order valence-corrected chi connectivity index (χ4v) is 4.23. The van der Waals surface area contributed by atoms with Gasteiger partial charge in [-0.15, -0.1) is 11.3 Å². The molecule has 0 aliphatic carbocycles. The van der Waals surface area contributed by atoms with Crippen molar-refractivity contribution in [2.24, 2.45) is 0 Å². The predicted molar refractivity (Wildman–Crippen MR) is 103 cm³/mol. The number of ether oxygens (including phenoxy) is 1. The van der Waals surface area contributed by atoms with Crippen LogP contribution in [0.5, 0.6) is 0 Å². The first kappa shape index (κ1) is 17.7. The Bertz CT molecular complexity index is 995. The SMILES string of the molecule is Cc1cc(-c2csc(CCN3CCOC3=O)n2)c(C)n1-c1cccc(F)c1. The molecule has 0 saturated carbocycles. The van der Waals surface area contributed by atoms with Gasteiger partial charge in [-0.05, 0) is 38.1 Å². The van der Waals surface area contributed by atoms with Gasteiger partial charge in [0.1, 0.15) is 12.4 Å². The number of nitrogens with zero attached hydrogens (tertiary/aromatic N) is 3. The lowest BCUT2D eigenvalue weighted by Gasteiger charge is -2.10. The molecule has 0 bridgehead atoms. The summed E-state index contributed by atoms with van der Waals surface area (Å²) in [5.74, 6) is -0.252. The summed E-state index contributed by atoms with van der Waals surface area (Å²) < 4.78 is 20.6. The highest BCUT2D eigenvalue weighted by Gasteiger charge is 2.22. The summed E-state index contributed by atoms with van der Waals surface area (Å²) in [4.78, 5) is 18.0. The van der Waals surface area contributed by atoms with E-state index in [0.29, 0.717) is 26.1 Å². The number of hydrogen-bond acceptors (Lipinski definition) is 4. The quantitative estimate of drug-likeness (QED) is 0.656. The maximum atomic E-state index is 13.6. The number of aryl methyl sites for hydroxylation is 1. The van der Waals surface area contributed by atoms with Crippen molar-refractivity contribution in [3.05, 3.63) is 57.9 Å².